The van der Waals surface area contributed by atoms with Gasteiger partial charge in [-0.05, 0) is 25.3 Å². The lowest BCUT2D eigenvalue weighted by atomic mass is 10.1. The zero-order valence-corrected chi connectivity index (χ0v) is 15.8. The number of nitrogens with one attached hydrogen (secondary N) is 3. The molecule has 1 aliphatic rings. The lowest BCUT2D eigenvalue weighted by Gasteiger charge is -2.31. The Bertz CT molecular complexity index is 931. The van der Waals surface area contributed by atoms with Gasteiger partial charge in [0.15, 0.2) is 5.82 Å². The van der Waals surface area contributed by atoms with Crippen molar-refractivity contribution in [2.24, 2.45) is 0 Å². The molecule has 2 aromatic heterocycles. The van der Waals surface area contributed by atoms with Crippen LogP contribution in [0.5, 0.6) is 0 Å². The molecule has 0 fully saturated rings. The van der Waals surface area contributed by atoms with Gasteiger partial charge in [0.2, 0.25) is 0 Å². The van der Waals surface area contributed by atoms with E-state index in [0.29, 0.717) is 6.54 Å². The van der Waals surface area contributed by atoms with Crippen LogP contribution in [0.2, 0.25) is 0 Å². The number of aliphatic hydroxyl groups is 1. The number of aromatic nitrogens is 4. The number of hydrogen-bond acceptors (Lipinski definition) is 6. The summed E-state index contributed by atoms with van der Waals surface area (Å²) in [4.78, 5) is 4.44. The van der Waals surface area contributed by atoms with Crippen LogP contribution in [0.1, 0.15) is 23.5 Å². The van der Waals surface area contributed by atoms with Crippen LogP contribution in [0.4, 0.5) is 5.82 Å². The van der Waals surface area contributed by atoms with Crippen LogP contribution in [-0.4, -0.2) is 42.5 Å². The van der Waals surface area contributed by atoms with E-state index in [9.17, 15) is 5.11 Å². The summed E-state index contributed by atoms with van der Waals surface area (Å²) in [6.45, 7) is 2.63. The molecule has 1 atom stereocenters. The standard InChI is InChI=1S/C20H25N7O/c1-15-11-18(24-23-15)22-20-13-26(12-19-21-9-10-27(19)20)25-17(14-28)8-7-16-5-3-2-4-6-16/h2-6,9-11,13,17,25,28H,7-8,12,14H2,1H3,(H2,22,23,24)/t17-/m1/s1. The largest absolute Gasteiger partial charge is 0.395 e. The maximum absolute atomic E-state index is 9.83. The summed E-state index contributed by atoms with van der Waals surface area (Å²) in [6, 6.07) is 12.2. The Kier molecular flexibility index (Phi) is 5.41. The van der Waals surface area contributed by atoms with Crippen LogP contribution in [0.25, 0.3) is 5.82 Å². The van der Waals surface area contributed by atoms with Gasteiger partial charge in [-0.3, -0.25) is 9.67 Å². The monoisotopic (exact) mass is 379 g/mol. The van der Waals surface area contributed by atoms with Gasteiger partial charge in [0.25, 0.3) is 0 Å². The van der Waals surface area contributed by atoms with E-state index < -0.39 is 0 Å². The fraction of sp³-hybridized carbons (Fsp3) is 0.300. The molecular weight excluding hydrogens is 354 g/mol. The highest BCUT2D eigenvalue weighted by molar-refractivity contribution is 5.63. The number of imidazole rings is 1. The van der Waals surface area contributed by atoms with Crippen molar-refractivity contribution in [1.29, 1.82) is 0 Å². The minimum Gasteiger partial charge on any atom is -0.395 e. The maximum atomic E-state index is 9.83. The fourth-order valence-corrected chi connectivity index (χ4v) is 3.28. The molecule has 0 radical (unpaired) electrons. The van der Waals surface area contributed by atoms with Crippen LogP contribution in [-0.2, 0) is 13.0 Å². The molecule has 8 nitrogen and oxygen atoms in total. The number of fused-ring (bicyclic) bond motifs is 1. The molecule has 4 N–H and O–H groups in total. The molecule has 8 heteroatoms. The van der Waals surface area contributed by atoms with Crippen LogP contribution in [0, 0.1) is 6.92 Å². The van der Waals surface area contributed by atoms with Gasteiger partial charge in [-0.2, -0.15) is 5.10 Å². The van der Waals surface area contributed by atoms with E-state index in [1.165, 1.54) is 5.56 Å². The smallest absolute Gasteiger partial charge is 0.153 e. The third kappa shape index (κ3) is 4.24. The van der Waals surface area contributed by atoms with Gasteiger partial charge < -0.3 is 15.4 Å². The topological polar surface area (TPSA) is 94.0 Å². The lowest BCUT2D eigenvalue weighted by molar-refractivity contribution is 0.147. The quantitative estimate of drug-likeness (QED) is 0.479. The van der Waals surface area contributed by atoms with Crippen molar-refractivity contribution in [3.05, 3.63) is 72.1 Å². The summed E-state index contributed by atoms with van der Waals surface area (Å²) in [5, 5.41) is 22.3. The van der Waals surface area contributed by atoms with Gasteiger partial charge in [0, 0.05) is 30.2 Å². The first-order valence-electron chi connectivity index (χ1n) is 9.42. The minimum atomic E-state index is -0.0492. The van der Waals surface area contributed by atoms with Gasteiger partial charge >= 0.3 is 0 Å². The second-order valence-corrected chi connectivity index (χ2v) is 6.95. The van der Waals surface area contributed by atoms with E-state index in [1.807, 2.05) is 53.2 Å². The summed E-state index contributed by atoms with van der Waals surface area (Å²) in [5.41, 5.74) is 5.67. The van der Waals surface area contributed by atoms with Crippen molar-refractivity contribution < 1.29 is 5.11 Å². The molecule has 4 rings (SSSR count). The molecule has 28 heavy (non-hydrogen) atoms. The van der Waals surface area contributed by atoms with Crippen LogP contribution in [0.15, 0.2) is 55.0 Å². The number of aryl methyl sites for hydroxylation is 2. The number of anilines is 1. The molecule has 3 heterocycles. The number of nitrogens with zero attached hydrogens (tertiary/aromatic N) is 4. The number of benzene rings is 1. The first-order valence-corrected chi connectivity index (χ1v) is 9.42. The van der Waals surface area contributed by atoms with E-state index in [-0.39, 0.29) is 12.6 Å². The Morgan fingerprint density at radius 2 is 2.14 bits per heavy atom. The normalized spacial score (nSPS) is 14.5. The number of hydrogen-bond donors (Lipinski definition) is 4. The molecule has 0 aliphatic carbocycles. The Labute approximate surface area is 163 Å². The number of hydrazine groups is 1. The highest BCUT2D eigenvalue weighted by Gasteiger charge is 2.20. The molecule has 0 amide bonds. The highest BCUT2D eigenvalue weighted by Crippen LogP contribution is 2.20. The van der Waals surface area contributed by atoms with Crippen LogP contribution >= 0.6 is 0 Å². The Hall–Kier alpha value is -3.10. The van der Waals surface area contributed by atoms with Crippen molar-refractivity contribution in [1.82, 2.24) is 30.2 Å². The van der Waals surface area contributed by atoms with E-state index in [2.05, 4.69) is 38.1 Å². The van der Waals surface area contributed by atoms with E-state index in [0.717, 1.165) is 36.0 Å². The first-order chi connectivity index (χ1) is 13.7. The summed E-state index contributed by atoms with van der Waals surface area (Å²) >= 11 is 0. The van der Waals surface area contributed by atoms with Crippen LogP contribution < -0.4 is 10.7 Å². The number of H-pyrrole nitrogens is 1. The Morgan fingerprint density at radius 1 is 1.29 bits per heavy atom. The third-order valence-electron chi connectivity index (χ3n) is 4.72. The van der Waals surface area contributed by atoms with E-state index in [4.69, 9.17) is 0 Å². The Balaban J connectivity index is 1.44. The van der Waals surface area contributed by atoms with Gasteiger partial charge in [0.05, 0.1) is 19.4 Å². The summed E-state index contributed by atoms with van der Waals surface area (Å²) in [6.07, 6.45) is 7.42. The van der Waals surface area contributed by atoms with Gasteiger partial charge in [-0.1, -0.05) is 30.3 Å². The molecule has 0 spiro atoms. The summed E-state index contributed by atoms with van der Waals surface area (Å²) < 4.78 is 2.00. The molecule has 0 unspecified atom stereocenters. The average molecular weight is 379 g/mol. The SMILES string of the molecule is Cc1cc(NC2=CN(N[C@@H](CO)CCc3ccccc3)Cc3nccn32)n[nH]1. The summed E-state index contributed by atoms with van der Waals surface area (Å²) in [5.74, 6) is 2.50. The van der Waals surface area contributed by atoms with Gasteiger partial charge in [-0.15, -0.1) is 0 Å². The molecule has 146 valence electrons. The van der Waals surface area contributed by atoms with E-state index >= 15 is 0 Å². The second kappa shape index (κ2) is 8.28. The van der Waals surface area contributed by atoms with Crippen molar-refractivity contribution in [3.8, 4) is 0 Å². The predicted molar refractivity (Wildman–Crippen MR) is 108 cm³/mol. The van der Waals surface area contributed by atoms with Crippen molar-refractivity contribution in [3.63, 3.8) is 0 Å². The molecule has 0 saturated carbocycles. The molecule has 1 aromatic carbocycles. The predicted octanol–water partition coefficient (Wildman–Crippen LogP) is 2.10. The van der Waals surface area contributed by atoms with Crippen molar-refractivity contribution in [2.45, 2.75) is 32.4 Å². The highest BCUT2D eigenvalue weighted by atomic mass is 16.3. The van der Waals surface area contributed by atoms with E-state index in [1.54, 1.807) is 6.20 Å². The summed E-state index contributed by atoms with van der Waals surface area (Å²) in [7, 11) is 0. The average Bonchev–Trinajstić information content (AvgIpc) is 3.35. The number of rotatable bonds is 8. The van der Waals surface area contributed by atoms with Gasteiger partial charge in [-0.25, -0.2) is 10.4 Å². The van der Waals surface area contributed by atoms with Gasteiger partial charge in [0.1, 0.15) is 11.6 Å². The second-order valence-electron chi connectivity index (χ2n) is 6.95. The molecule has 0 bridgehead atoms. The fourth-order valence-electron chi connectivity index (χ4n) is 3.28. The lowest BCUT2D eigenvalue weighted by Crippen LogP contribution is -2.45. The van der Waals surface area contributed by atoms with Crippen LogP contribution in [0.3, 0.4) is 0 Å². The zero-order chi connectivity index (χ0) is 19.3. The zero-order valence-electron chi connectivity index (χ0n) is 15.8. The molecule has 0 saturated heterocycles. The Morgan fingerprint density at radius 3 is 2.89 bits per heavy atom. The minimum absolute atomic E-state index is 0.0492. The first kappa shape index (κ1) is 18.3. The number of aliphatic hydroxyl groups excluding tert-OH is 1. The maximum Gasteiger partial charge on any atom is 0.153 e. The molecule has 1 aliphatic heterocycles. The molecule has 3 aromatic rings. The van der Waals surface area contributed by atoms with Crippen molar-refractivity contribution in [2.75, 3.05) is 11.9 Å². The number of aromatic amines is 1. The van der Waals surface area contributed by atoms with Crippen molar-refractivity contribution >= 4 is 11.6 Å². The molecular formula is C20H25N7O. The third-order valence-corrected chi connectivity index (χ3v) is 4.72.